The average molecular weight is 435 g/mol. The molecule has 0 atom stereocenters. The van der Waals surface area contributed by atoms with E-state index in [2.05, 4.69) is 9.97 Å². The van der Waals surface area contributed by atoms with E-state index in [-0.39, 0.29) is 16.5 Å². The van der Waals surface area contributed by atoms with Gasteiger partial charge in [0.15, 0.2) is 5.69 Å². The van der Waals surface area contributed by atoms with Gasteiger partial charge in [-0.15, -0.1) is 0 Å². The number of nitrogens with zero attached hydrogens (tertiary/aromatic N) is 2. The number of hydrogen-bond donors (Lipinski definition) is 0. The summed E-state index contributed by atoms with van der Waals surface area (Å²) >= 11 is 5.98. The number of esters is 1. The molecule has 0 amide bonds. The number of aromatic nitrogens is 2. The van der Waals surface area contributed by atoms with Gasteiger partial charge in [0.2, 0.25) is 15.0 Å². The Balaban J connectivity index is 1.87. The van der Waals surface area contributed by atoms with Crippen LogP contribution in [-0.2, 0) is 15.6 Å². The summed E-state index contributed by atoms with van der Waals surface area (Å²) in [6.45, 7) is 3.78. The van der Waals surface area contributed by atoms with Gasteiger partial charge in [0.25, 0.3) is 0 Å². The lowest BCUT2D eigenvalue weighted by Gasteiger charge is -2.09. The summed E-state index contributed by atoms with van der Waals surface area (Å²) in [4.78, 5) is 20.0. The average Bonchev–Trinajstić information content (AvgIpc) is 2.66. The molecule has 9 heteroatoms. The first-order chi connectivity index (χ1) is 13.7. The van der Waals surface area contributed by atoms with Crippen molar-refractivity contribution in [3.63, 3.8) is 0 Å². The van der Waals surface area contributed by atoms with E-state index in [0.717, 1.165) is 29.5 Å². The van der Waals surface area contributed by atoms with Gasteiger partial charge in [0.1, 0.15) is 11.6 Å². The molecule has 0 bridgehead atoms. The van der Waals surface area contributed by atoms with Crippen molar-refractivity contribution in [1.82, 2.24) is 9.97 Å². The lowest BCUT2D eigenvalue weighted by Crippen LogP contribution is -2.16. The second kappa shape index (κ2) is 8.26. The van der Waals surface area contributed by atoms with Gasteiger partial charge in [0.05, 0.1) is 17.0 Å². The molecule has 2 aromatic carbocycles. The van der Waals surface area contributed by atoms with Crippen LogP contribution in [0.3, 0.4) is 0 Å². The van der Waals surface area contributed by atoms with Crippen LogP contribution in [0.4, 0.5) is 4.39 Å². The SMILES string of the molecule is Cc1ccc(OC(=O)c2nc(S(=O)(=O)Cc3ccc(F)cc3)ncc2Cl)cc1C. The Hall–Kier alpha value is -2.84. The molecule has 29 heavy (non-hydrogen) atoms. The number of rotatable bonds is 5. The van der Waals surface area contributed by atoms with Crippen molar-refractivity contribution in [3.05, 3.63) is 81.9 Å². The van der Waals surface area contributed by atoms with E-state index in [1.807, 2.05) is 13.8 Å². The molecule has 0 radical (unpaired) electrons. The Morgan fingerprint density at radius 3 is 2.45 bits per heavy atom. The summed E-state index contributed by atoms with van der Waals surface area (Å²) in [5, 5.41) is -0.710. The van der Waals surface area contributed by atoms with Gasteiger partial charge in [-0.3, -0.25) is 0 Å². The second-order valence-electron chi connectivity index (χ2n) is 6.37. The van der Waals surface area contributed by atoms with E-state index < -0.39 is 32.5 Å². The van der Waals surface area contributed by atoms with Crippen LogP contribution in [0.5, 0.6) is 5.75 Å². The number of halogens is 2. The molecule has 0 saturated carbocycles. The van der Waals surface area contributed by atoms with Gasteiger partial charge in [-0.2, -0.15) is 0 Å². The predicted octanol–water partition coefficient (Wildman–Crippen LogP) is 4.08. The van der Waals surface area contributed by atoms with Crippen LogP contribution in [0.15, 0.2) is 53.8 Å². The highest BCUT2D eigenvalue weighted by Gasteiger charge is 2.24. The molecule has 3 rings (SSSR count). The largest absolute Gasteiger partial charge is 0.422 e. The van der Waals surface area contributed by atoms with Gasteiger partial charge >= 0.3 is 5.97 Å². The number of aryl methyl sites for hydroxylation is 2. The summed E-state index contributed by atoms with van der Waals surface area (Å²) in [6.07, 6.45) is 1.03. The van der Waals surface area contributed by atoms with E-state index in [9.17, 15) is 17.6 Å². The van der Waals surface area contributed by atoms with Gasteiger partial charge < -0.3 is 4.74 Å². The van der Waals surface area contributed by atoms with Crippen LogP contribution in [0.1, 0.15) is 27.2 Å². The molecule has 0 aliphatic heterocycles. The molecule has 1 heterocycles. The van der Waals surface area contributed by atoms with Crippen LogP contribution in [0, 0.1) is 19.7 Å². The molecule has 0 spiro atoms. The third-order valence-electron chi connectivity index (χ3n) is 4.15. The number of hydrogen-bond acceptors (Lipinski definition) is 6. The third-order valence-corrected chi connectivity index (χ3v) is 5.90. The smallest absolute Gasteiger partial charge is 0.364 e. The van der Waals surface area contributed by atoms with Crippen molar-refractivity contribution in [2.24, 2.45) is 0 Å². The Morgan fingerprint density at radius 2 is 1.79 bits per heavy atom. The molecule has 0 unspecified atom stereocenters. The van der Waals surface area contributed by atoms with Gasteiger partial charge in [0, 0.05) is 0 Å². The van der Waals surface area contributed by atoms with Gasteiger partial charge in [-0.05, 0) is 54.8 Å². The highest BCUT2D eigenvalue weighted by atomic mass is 35.5. The van der Waals surface area contributed by atoms with Gasteiger partial charge in [-0.25, -0.2) is 27.6 Å². The minimum Gasteiger partial charge on any atom is -0.422 e. The minimum absolute atomic E-state index is 0.139. The zero-order chi connectivity index (χ0) is 21.2. The fraction of sp³-hybridized carbons (Fsp3) is 0.150. The second-order valence-corrected chi connectivity index (χ2v) is 8.66. The fourth-order valence-electron chi connectivity index (χ4n) is 2.44. The zero-order valence-corrected chi connectivity index (χ0v) is 17.1. The maximum Gasteiger partial charge on any atom is 0.364 e. The maximum atomic E-state index is 13.0. The number of benzene rings is 2. The first-order valence-electron chi connectivity index (χ1n) is 8.45. The predicted molar refractivity (Wildman–Crippen MR) is 105 cm³/mol. The summed E-state index contributed by atoms with van der Waals surface area (Å²) < 4.78 is 43.5. The Bertz CT molecular complexity index is 1180. The summed E-state index contributed by atoms with van der Waals surface area (Å²) in [7, 11) is -4.00. The maximum absolute atomic E-state index is 13.0. The van der Waals surface area contributed by atoms with E-state index in [1.165, 1.54) is 12.1 Å². The number of carbonyl (C=O) groups excluding carboxylic acids is 1. The number of ether oxygens (including phenoxy) is 1. The first kappa shape index (κ1) is 20.9. The van der Waals surface area contributed by atoms with Crippen molar-refractivity contribution in [2.45, 2.75) is 24.8 Å². The molecular formula is C20H16ClFN2O4S. The molecule has 0 fully saturated rings. The van der Waals surface area contributed by atoms with Crippen LogP contribution < -0.4 is 4.74 Å². The van der Waals surface area contributed by atoms with E-state index >= 15 is 0 Å². The number of carbonyl (C=O) groups is 1. The topological polar surface area (TPSA) is 86.2 Å². The zero-order valence-electron chi connectivity index (χ0n) is 15.5. The van der Waals surface area contributed by atoms with Crippen molar-refractivity contribution in [3.8, 4) is 5.75 Å². The summed E-state index contributed by atoms with van der Waals surface area (Å²) in [6, 6.07) is 10.1. The van der Waals surface area contributed by atoms with E-state index in [4.69, 9.17) is 16.3 Å². The number of sulfone groups is 1. The fourth-order valence-corrected chi connectivity index (χ4v) is 3.81. The summed E-state index contributed by atoms with van der Waals surface area (Å²) in [5.41, 5.74) is 1.94. The van der Waals surface area contributed by atoms with E-state index in [0.29, 0.717) is 5.56 Å². The summed E-state index contributed by atoms with van der Waals surface area (Å²) in [5.74, 6) is -1.56. The van der Waals surface area contributed by atoms with Gasteiger partial charge in [-0.1, -0.05) is 29.8 Å². The van der Waals surface area contributed by atoms with Crippen LogP contribution in [-0.4, -0.2) is 24.4 Å². The van der Waals surface area contributed by atoms with Crippen molar-refractivity contribution >= 4 is 27.4 Å². The van der Waals surface area contributed by atoms with Crippen molar-refractivity contribution < 1.29 is 22.3 Å². The molecule has 0 N–H and O–H groups in total. The monoisotopic (exact) mass is 434 g/mol. The molecule has 150 valence electrons. The van der Waals surface area contributed by atoms with Crippen molar-refractivity contribution in [1.29, 1.82) is 0 Å². The molecule has 0 saturated heterocycles. The Morgan fingerprint density at radius 1 is 1.10 bits per heavy atom. The molecule has 1 aromatic heterocycles. The molecule has 6 nitrogen and oxygen atoms in total. The Labute approximate surface area is 172 Å². The lowest BCUT2D eigenvalue weighted by molar-refractivity contribution is 0.0727. The molecule has 0 aliphatic rings. The highest BCUT2D eigenvalue weighted by molar-refractivity contribution is 7.90. The van der Waals surface area contributed by atoms with E-state index in [1.54, 1.807) is 18.2 Å². The van der Waals surface area contributed by atoms with Crippen LogP contribution in [0.2, 0.25) is 5.02 Å². The normalized spacial score (nSPS) is 11.3. The van der Waals surface area contributed by atoms with Crippen LogP contribution >= 0.6 is 11.6 Å². The first-order valence-corrected chi connectivity index (χ1v) is 10.5. The van der Waals surface area contributed by atoms with Crippen LogP contribution in [0.25, 0.3) is 0 Å². The van der Waals surface area contributed by atoms with Crippen molar-refractivity contribution in [2.75, 3.05) is 0 Å². The molecule has 3 aromatic rings. The molecular weight excluding hydrogens is 419 g/mol. The molecule has 0 aliphatic carbocycles. The third kappa shape index (κ3) is 4.96. The Kier molecular flexibility index (Phi) is 5.95. The lowest BCUT2D eigenvalue weighted by atomic mass is 10.1. The standard InChI is InChI=1S/C20H16ClFN2O4S/c1-12-3-8-16(9-13(12)2)28-19(25)18-17(21)10-23-20(24-18)29(26,27)11-14-4-6-15(22)7-5-14/h3-10H,11H2,1-2H3. The quantitative estimate of drug-likeness (QED) is 0.341. The highest BCUT2D eigenvalue weighted by Crippen LogP contribution is 2.21. The minimum atomic E-state index is -4.00.